The fourth-order valence-corrected chi connectivity index (χ4v) is 5.01. The summed E-state index contributed by atoms with van der Waals surface area (Å²) in [6.45, 7) is 3.33. The van der Waals surface area contributed by atoms with Crippen LogP contribution in [0.5, 0.6) is 0 Å². The normalized spacial score (nSPS) is 24.6. The van der Waals surface area contributed by atoms with E-state index >= 15 is 0 Å². The Morgan fingerprint density at radius 3 is 2.05 bits per heavy atom. The monoisotopic (exact) mass is 302 g/mol. The average Bonchev–Trinajstić information content (AvgIpc) is 2.68. The van der Waals surface area contributed by atoms with Gasteiger partial charge < -0.3 is 5.32 Å². The number of rotatable bonds is 5. The van der Waals surface area contributed by atoms with Crippen LogP contribution in [0, 0.1) is 0 Å². The van der Waals surface area contributed by atoms with Gasteiger partial charge in [0.05, 0.1) is 5.75 Å². The number of sulfonamides is 1. The highest BCUT2D eigenvalue weighted by atomic mass is 32.2. The van der Waals surface area contributed by atoms with E-state index in [0.29, 0.717) is 37.3 Å². The summed E-state index contributed by atoms with van der Waals surface area (Å²) in [6, 6.07) is 1.19. The van der Waals surface area contributed by atoms with E-state index in [4.69, 9.17) is 0 Å². The van der Waals surface area contributed by atoms with Crippen LogP contribution < -0.4 is 5.32 Å². The van der Waals surface area contributed by atoms with Crippen molar-refractivity contribution < 1.29 is 8.42 Å². The van der Waals surface area contributed by atoms with E-state index in [1.54, 1.807) is 4.31 Å². The van der Waals surface area contributed by atoms with Crippen LogP contribution in [-0.2, 0) is 10.0 Å². The maximum Gasteiger partial charge on any atom is 0.214 e. The molecule has 1 aliphatic heterocycles. The molecule has 2 aliphatic rings. The molecule has 20 heavy (non-hydrogen) atoms. The van der Waals surface area contributed by atoms with Gasteiger partial charge in [-0.3, -0.25) is 0 Å². The molecule has 118 valence electrons. The molecule has 1 saturated carbocycles. The third-order valence-corrected chi connectivity index (χ3v) is 6.71. The number of hydrogen-bond acceptors (Lipinski definition) is 3. The fraction of sp³-hybridized carbons (Fsp3) is 1.00. The van der Waals surface area contributed by atoms with Crippen molar-refractivity contribution >= 4 is 10.0 Å². The van der Waals surface area contributed by atoms with Crippen molar-refractivity contribution in [1.29, 1.82) is 0 Å². The van der Waals surface area contributed by atoms with Crippen molar-refractivity contribution in [2.75, 3.05) is 18.8 Å². The molecule has 0 atom stereocenters. The lowest BCUT2D eigenvalue weighted by molar-refractivity contribution is 0.265. The van der Waals surface area contributed by atoms with Gasteiger partial charge in [0.1, 0.15) is 0 Å². The molecule has 0 bridgehead atoms. The Hall–Kier alpha value is -0.130. The molecule has 0 radical (unpaired) electrons. The Morgan fingerprint density at radius 1 is 0.950 bits per heavy atom. The molecule has 0 aromatic carbocycles. The average molecular weight is 302 g/mol. The van der Waals surface area contributed by atoms with Crippen LogP contribution in [0.15, 0.2) is 0 Å². The molecule has 1 heterocycles. The zero-order valence-electron chi connectivity index (χ0n) is 12.8. The number of piperidine rings is 1. The van der Waals surface area contributed by atoms with Crippen molar-refractivity contribution in [3.63, 3.8) is 0 Å². The second-order valence-electron chi connectivity index (χ2n) is 6.34. The highest BCUT2D eigenvalue weighted by molar-refractivity contribution is 7.89. The molecule has 1 saturated heterocycles. The summed E-state index contributed by atoms with van der Waals surface area (Å²) in [5, 5.41) is 3.78. The van der Waals surface area contributed by atoms with Gasteiger partial charge in [-0.05, 0) is 32.1 Å². The van der Waals surface area contributed by atoms with Gasteiger partial charge in [0, 0.05) is 25.2 Å². The molecule has 2 fully saturated rings. The lowest BCUT2D eigenvalue weighted by atomic mass is 10.0. The van der Waals surface area contributed by atoms with E-state index < -0.39 is 10.0 Å². The summed E-state index contributed by atoms with van der Waals surface area (Å²) >= 11 is 0. The van der Waals surface area contributed by atoms with Crippen LogP contribution in [0.3, 0.4) is 0 Å². The van der Waals surface area contributed by atoms with E-state index in [1.165, 1.54) is 38.5 Å². The van der Waals surface area contributed by atoms with Gasteiger partial charge in [0.2, 0.25) is 10.0 Å². The maximum absolute atomic E-state index is 12.0. The van der Waals surface area contributed by atoms with Crippen LogP contribution >= 0.6 is 0 Å². The quantitative estimate of drug-likeness (QED) is 0.794. The molecule has 5 heteroatoms. The summed E-state index contributed by atoms with van der Waals surface area (Å²) in [5.74, 6) is 0.299. The first-order valence-corrected chi connectivity index (χ1v) is 9.96. The Kier molecular flexibility index (Phi) is 6.30. The van der Waals surface area contributed by atoms with Gasteiger partial charge in [-0.25, -0.2) is 12.7 Å². The Labute approximate surface area is 124 Å². The highest BCUT2D eigenvalue weighted by Crippen LogP contribution is 2.20. The van der Waals surface area contributed by atoms with E-state index in [9.17, 15) is 8.42 Å². The van der Waals surface area contributed by atoms with Crippen LogP contribution in [0.25, 0.3) is 0 Å². The first-order valence-electron chi connectivity index (χ1n) is 8.35. The minimum atomic E-state index is -2.99. The van der Waals surface area contributed by atoms with Crippen molar-refractivity contribution in [2.24, 2.45) is 0 Å². The van der Waals surface area contributed by atoms with E-state index in [-0.39, 0.29) is 0 Å². The summed E-state index contributed by atoms with van der Waals surface area (Å²) in [5.41, 5.74) is 0. The second-order valence-corrected chi connectivity index (χ2v) is 8.43. The number of nitrogens with zero attached hydrogens (tertiary/aromatic N) is 1. The lowest BCUT2D eigenvalue weighted by Gasteiger charge is -2.33. The van der Waals surface area contributed by atoms with Gasteiger partial charge in [-0.2, -0.15) is 0 Å². The summed E-state index contributed by atoms with van der Waals surface area (Å²) in [6.07, 6.45) is 10.7. The summed E-state index contributed by atoms with van der Waals surface area (Å²) in [7, 11) is -2.99. The SMILES string of the molecule is CCCS(=O)(=O)N1CCC(NC2CCCCCC2)CC1. The molecule has 0 aromatic rings. The lowest BCUT2D eigenvalue weighted by Crippen LogP contribution is -2.48. The van der Waals surface area contributed by atoms with Crippen LogP contribution in [0.1, 0.15) is 64.7 Å². The largest absolute Gasteiger partial charge is 0.311 e. The van der Waals surface area contributed by atoms with Gasteiger partial charge in [-0.1, -0.05) is 32.6 Å². The molecule has 0 aromatic heterocycles. The minimum Gasteiger partial charge on any atom is -0.311 e. The Morgan fingerprint density at radius 2 is 1.50 bits per heavy atom. The molecule has 0 spiro atoms. The van der Waals surface area contributed by atoms with Crippen molar-refractivity contribution in [3.05, 3.63) is 0 Å². The van der Waals surface area contributed by atoms with E-state index in [0.717, 1.165) is 12.8 Å². The first kappa shape index (κ1) is 16.2. The molecule has 1 N–H and O–H groups in total. The standard InChI is InChI=1S/C15H30N2O2S/c1-2-13-20(18,19)17-11-9-15(10-12-17)16-14-7-5-3-4-6-8-14/h14-16H,2-13H2,1H3. The number of nitrogens with one attached hydrogen (secondary N) is 1. The van der Waals surface area contributed by atoms with Crippen molar-refractivity contribution in [2.45, 2.75) is 76.8 Å². The molecule has 2 rings (SSSR count). The van der Waals surface area contributed by atoms with Crippen LogP contribution in [0.4, 0.5) is 0 Å². The topological polar surface area (TPSA) is 49.4 Å². The predicted molar refractivity (Wildman–Crippen MR) is 83.3 cm³/mol. The first-order chi connectivity index (χ1) is 9.62. The zero-order valence-corrected chi connectivity index (χ0v) is 13.6. The van der Waals surface area contributed by atoms with Crippen molar-refractivity contribution in [3.8, 4) is 0 Å². The van der Waals surface area contributed by atoms with E-state index in [2.05, 4.69) is 5.32 Å². The minimum absolute atomic E-state index is 0.299. The van der Waals surface area contributed by atoms with Gasteiger partial charge in [0.15, 0.2) is 0 Å². The predicted octanol–water partition coefficient (Wildman–Crippen LogP) is 2.50. The van der Waals surface area contributed by atoms with Gasteiger partial charge in [-0.15, -0.1) is 0 Å². The third kappa shape index (κ3) is 4.71. The van der Waals surface area contributed by atoms with Gasteiger partial charge in [0.25, 0.3) is 0 Å². The third-order valence-electron chi connectivity index (χ3n) is 4.64. The summed E-state index contributed by atoms with van der Waals surface area (Å²) < 4.78 is 25.8. The van der Waals surface area contributed by atoms with Gasteiger partial charge >= 0.3 is 0 Å². The zero-order chi connectivity index (χ0) is 14.4. The number of hydrogen-bond donors (Lipinski definition) is 1. The van der Waals surface area contributed by atoms with Crippen molar-refractivity contribution in [1.82, 2.24) is 9.62 Å². The Balaban J connectivity index is 1.76. The molecule has 0 unspecified atom stereocenters. The molecular formula is C15H30N2O2S. The molecular weight excluding hydrogens is 272 g/mol. The summed E-state index contributed by atoms with van der Waals surface area (Å²) in [4.78, 5) is 0. The highest BCUT2D eigenvalue weighted by Gasteiger charge is 2.28. The smallest absolute Gasteiger partial charge is 0.214 e. The van der Waals surface area contributed by atoms with E-state index in [1.807, 2.05) is 6.92 Å². The van der Waals surface area contributed by atoms with Crippen LogP contribution in [0.2, 0.25) is 0 Å². The van der Waals surface area contributed by atoms with Crippen LogP contribution in [-0.4, -0.2) is 43.6 Å². The molecule has 4 nitrogen and oxygen atoms in total. The maximum atomic E-state index is 12.0. The second kappa shape index (κ2) is 7.76. The Bertz CT molecular complexity index is 367. The molecule has 1 aliphatic carbocycles. The molecule has 0 amide bonds. The fourth-order valence-electron chi connectivity index (χ4n) is 3.47.